The van der Waals surface area contributed by atoms with E-state index in [1.807, 2.05) is 0 Å². The van der Waals surface area contributed by atoms with E-state index >= 15 is 0 Å². The molecule has 0 aromatic rings. The van der Waals surface area contributed by atoms with Crippen molar-refractivity contribution in [2.24, 2.45) is 0 Å². The van der Waals surface area contributed by atoms with Crippen LogP contribution in [-0.2, 0) is 0 Å². The Labute approximate surface area is 86.6 Å². The SMILES string of the molecule is CCCN(CCC)CC(C)=C(C)[SiH3]. The van der Waals surface area contributed by atoms with E-state index in [1.165, 1.54) is 42.7 Å². The van der Waals surface area contributed by atoms with Crippen molar-refractivity contribution in [1.29, 1.82) is 0 Å². The van der Waals surface area contributed by atoms with Crippen LogP contribution in [-0.4, -0.2) is 34.8 Å². The van der Waals surface area contributed by atoms with Crippen LogP contribution in [0.2, 0.25) is 0 Å². The van der Waals surface area contributed by atoms with Gasteiger partial charge in [0, 0.05) is 16.8 Å². The van der Waals surface area contributed by atoms with Crippen molar-refractivity contribution in [3.63, 3.8) is 0 Å². The molecule has 0 aliphatic heterocycles. The third-order valence-corrected chi connectivity index (χ3v) is 3.25. The van der Waals surface area contributed by atoms with Crippen molar-refractivity contribution in [1.82, 2.24) is 4.90 Å². The van der Waals surface area contributed by atoms with Crippen LogP contribution >= 0.6 is 0 Å². The Morgan fingerprint density at radius 2 is 1.54 bits per heavy atom. The number of hydrogen-bond donors (Lipinski definition) is 0. The van der Waals surface area contributed by atoms with Crippen molar-refractivity contribution >= 4 is 10.2 Å². The zero-order valence-corrected chi connectivity index (χ0v) is 12.0. The highest BCUT2D eigenvalue weighted by Gasteiger charge is 2.03. The summed E-state index contributed by atoms with van der Waals surface area (Å²) in [7, 11) is 1.22. The lowest BCUT2D eigenvalue weighted by Gasteiger charge is -2.21. The molecule has 0 saturated carbocycles. The predicted octanol–water partition coefficient (Wildman–Crippen LogP) is 1.77. The van der Waals surface area contributed by atoms with E-state index in [0.717, 1.165) is 0 Å². The molecular formula is C11H25NSi. The van der Waals surface area contributed by atoms with Gasteiger partial charge in [-0.25, -0.2) is 0 Å². The van der Waals surface area contributed by atoms with E-state index in [-0.39, 0.29) is 0 Å². The molecule has 0 rings (SSSR count). The number of rotatable bonds is 6. The van der Waals surface area contributed by atoms with Crippen molar-refractivity contribution in [3.05, 3.63) is 10.8 Å². The lowest BCUT2D eigenvalue weighted by molar-refractivity contribution is 0.297. The first-order chi connectivity index (χ1) is 6.11. The molecular weight excluding hydrogens is 174 g/mol. The van der Waals surface area contributed by atoms with E-state index in [9.17, 15) is 0 Å². The highest BCUT2D eigenvalue weighted by atomic mass is 28.1. The van der Waals surface area contributed by atoms with Crippen LogP contribution in [0.25, 0.3) is 0 Å². The van der Waals surface area contributed by atoms with E-state index in [4.69, 9.17) is 0 Å². The molecule has 2 heteroatoms. The molecule has 0 amide bonds. The molecule has 0 aliphatic rings. The van der Waals surface area contributed by atoms with Gasteiger partial charge in [-0.3, -0.25) is 4.90 Å². The maximum absolute atomic E-state index is 2.57. The molecule has 0 spiro atoms. The first kappa shape index (κ1) is 12.9. The summed E-state index contributed by atoms with van der Waals surface area (Å²) in [5.74, 6) is 0. The van der Waals surface area contributed by atoms with Gasteiger partial charge in [0.1, 0.15) is 0 Å². The maximum Gasteiger partial charge on any atom is 0.0329 e. The fourth-order valence-electron chi connectivity index (χ4n) is 1.40. The fraction of sp³-hybridized carbons (Fsp3) is 0.818. The van der Waals surface area contributed by atoms with Crippen molar-refractivity contribution < 1.29 is 0 Å². The van der Waals surface area contributed by atoms with Gasteiger partial charge in [-0.05, 0) is 39.8 Å². The fourth-order valence-corrected chi connectivity index (χ4v) is 1.55. The van der Waals surface area contributed by atoms with Crippen LogP contribution < -0.4 is 0 Å². The van der Waals surface area contributed by atoms with Crippen LogP contribution in [0.5, 0.6) is 0 Å². The quantitative estimate of drug-likeness (QED) is 0.589. The Hall–Kier alpha value is -0.0831. The van der Waals surface area contributed by atoms with Gasteiger partial charge in [0.2, 0.25) is 0 Å². The molecule has 0 aromatic heterocycles. The minimum atomic E-state index is 1.19. The smallest absolute Gasteiger partial charge is 0.0329 e. The van der Waals surface area contributed by atoms with Crippen LogP contribution in [0.3, 0.4) is 0 Å². The van der Waals surface area contributed by atoms with Gasteiger partial charge in [0.15, 0.2) is 0 Å². The Kier molecular flexibility index (Phi) is 7.29. The topological polar surface area (TPSA) is 3.24 Å². The van der Waals surface area contributed by atoms with Gasteiger partial charge in [-0.2, -0.15) is 0 Å². The summed E-state index contributed by atoms with van der Waals surface area (Å²) >= 11 is 0. The molecule has 78 valence electrons. The Morgan fingerprint density at radius 3 is 1.85 bits per heavy atom. The minimum absolute atomic E-state index is 1.19. The van der Waals surface area contributed by atoms with Gasteiger partial charge in [-0.1, -0.05) is 24.6 Å². The van der Waals surface area contributed by atoms with Crippen molar-refractivity contribution in [2.75, 3.05) is 19.6 Å². The standard InChI is InChI=1S/C11H25NSi/c1-5-7-12(8-6-2)9-10(3)11(4)13/h5-9H2,1-4,13H3. The third-order valence-electron chi connectivity index (χ3n) is 2.39. The molecule has 0 aliphatic carbocycles. The average molecular weight is 199 g/mol. The average Bonchev–Trinajstić information content (AvgIpc) is 2.05. The predicted molar refractivity (Wildman–Crippen MR) is 65.3 cm³/mol. The van der Waals surface area contributed by atoms with Crippen LogP contribution in [0.1, 0.15) is 40.5 Å². The molecule has 1 nitrogen and oxygen atoms in total. The lowest BCUT2D eigenvalue weighted by Crippen LogP contribution is -2.27. The summed E-state index contributed by atoms with van der Waals surface area (Å²) < 4.78 is 0. The summed E-state index contributed by atoms with van der Waals surface area (Å²) in [5.41, 5.74) is 1.59. The second kappa shape index (κ2) is 7.33. The van der Waals surface area contributed by atoms with Gasteiger partial charge < -0.3 is 0 Å². The van der Waals surface area contributed by atoms with E-state index < -0.39 is 0 Å². The monoisotopic (exact) mass is 199 g/mol. The molecule has 0 fully saturated rings. The normalized spacial score (nSPS) is 13.6. The second-order valence-corrected chi connectivity index (χ2v) is 5.56. The van der Waals surface area contributed by atoms with Crippen molar-refractivity contribution in [2.45, 2.75) is 40.5 Å². The Bertz CT molecular complexity index is 153. The van der Waals surface area contributed by atoms with Gasteiger partial charge in [0.25, 0.3) is 0 Å². The zero-order valence-electron chi connectivity index (χ0n) is 9.98. The number of allylic oxidation sites excluding steroid dienone is 1. The minimum Gasteiger partial charge on any atom is -0.299 e. The maximum atomic E-state index is 2.57. The molecule has 0 N–H and O–H groups in total. The Morgan fingerprint density at radius 1 is 1.08 bits per heavy atom. The Balaban J connectivity index is 4.01. The molecule has 0 bridgehead atoms. The molecule has 13 heavy (non-hydrogen) atoms. The van der Waals surface area contributed by atoms with Crippen LogP contribution in [0.15, 0.2) is 10.8 Å². The summed E-state index contributed by atoms with van der Waals surface area (Å²) in [6.07, 6.45) is 2.54. The largest absolute Gasteiger partial charge is 0.299 e. The molecule has 0 atom stereocenters. The van der Waals surface area contributed by atoms with E-state index in [1.54, 1.807) is 10.8 Å². The van der Waals surface area contributed by atoms with Gasteiger partial charge in [-0.15, -0.1) is 0 Å². The summed E-state index contributed by atoms with van der Waals surface area (Å²) in [4.78, 5) is 2.57. The molecule has 0 saturated heterocycles. The first-order valence-electron chi connectivity index (χ1n) is 5.47. The summed E-state index contributed by atoms with van der Waals surface area (Å²) in [6, 6.07) is 0. The number of hydrogen-bond acceptors (Lipinski definition) is 1. The highest BCUT2D eigenvalue weighted by molar-refractivity contribution is 6.21. The third kappa shape index (κ3) is 6.05. The summed E-state index contributed by atoms with van der Waals surface area (Å²) in [5, 5.41) is 1.61. The van der Waals surface area contributed by atoms with E-state index in [2.05, 4.69) is 32.6 Å². The molecule has 0 aromatic carbocycles. The summed E-state index contributed by atoms with van der Waals surface area (Å²) in [6.45, 7) is 12.7. The molecule has 0 unspecified atom stereocenters. The first-order valence-corrected chi connectivity index (χ1v) is 6.47. The molecule has 0 radical (unpaired) electrons. The van der Waals surface area contributed by atoms with Gasteiger partial charge >= 0.3 is 0 Å². The van der Waals surface area contributed by atoms with Crippen LogP contribution in [0, 0.1) is 0 Å². The van der Waals surface area contributed by atoms with Crippen molar-refractivity contribution in [3.8, 4) is 0 Å². The lowest BCUT2D eigenvalue weighted by atomic mass is 10.2. The van der Waals surface area contributed by atoms with Crippen LogP contribution in [0.4, 0.5) is 0 Å². The zero-order chi connectivity index (χ0) is 10.3. The highest BCUT2D eigenvalue weighted by Crippen LogP contribution is 2.04. The molecule has 0 heterocycles. The van der Waals surface area contributed by atoms with E-state index in [0.29, 0.717) is 0 Å². The second-order valence-electron chi connectivity index (χ2n) is 4.06. The van der Waals surface area contributed by atoms with Gasteiger partial charge in [0.05, 0.1) is 0 Å². The number of nitrogens with zero attached hydrogens (tertiary/aromatic N) is 1.